The van der Waals surface area contributed by atoms with Crippen molar-refractivity contribution in [1.29, 1.82) is 0 Å². The summed E-state index contributed by atoms with van der Waals surface area (Å²) < 4.78 is 5.16. The lowest BCUT2D eigenvalue weighted by atomic mass is 10.1. The summed E-state index contributed by atoms with van der Waals surface area (Å²) in [6, 6.07) is 7.81. The first-order chi connectivity index (χ1) is 8.52. The van der Waals surface area contributed by atoms with Gasteiger partial charge < -0.3 is 15.4 Å². The van der Waals surface area contributed by atoms with Gasteiger partial charge in [0.25, 0.3) is 0 Å². The van der Waals surface area contributed by atoms with Crippen molar-refractivity contribution in [2.45, 2.75) is 25.8 Å². The van der Waals surface area contributed by atoms with Crippen LogP contribution in [-0.4, -0.2) is 37.6 Å². The van der Waals surface area contributed by atoms with Crippen LogP contribution in [0.3, 0.4) is 0 Å². The number of nitrogens with zero attached hydrogens (tertiary/aromatic N) is 1. The standard InChI is InChI=1S/C14H22N2O2/c1-11(15)9-14(17)16(2)8-7-12-5-4-6-13(10-12)18-3/h4-6,10-11H,7-9,15H2,1-3H3. The predicted octanol–water partition coefficient (Wildman–Crippen LogP) is 1.43. The van der Waals surface area contributed by atoms with Crippen LogP contribution in [0.5, 0.6) is 5.75 Å². The van der Waals surface area contributed by atoms with Gasteiger partial charge in [-0.25, -0.2) is 0 Å². The Hall–Kier alpha value is -1.55. The van der Waals surface area contributed by atoms with Crippen LogP contribution in [0.15, 0.2) is 24.3 Å². The summed E-state index contributed by atoms with van der Waals surface area (Å²) >= 11 is 0. The number of rotatable bonds is 6. The molecule has 1 amide bonds. The van der Waals surface area contributed by atoms with E-state index in [2.05, 4.69) is 0 Å². The highest BCUT2D eigenvalue weighted by molar-refractivity contribution is 5.76. The van der Waals surface area contributed by atoms with E-state index in [4.69, 9.17) is 10.5 Å². The second-order valence-corrected chi connectivity index (χ2v) is 4.60. The maximum atomic E-state index is 11.7. The molecule has 0 spiro atoms. The molecule has 0 saturated heterocycles. The van der Waals surface area contributed by atoms with Crippen LogP contribution in [0, 0.1) is 0 Å². The fraction of sp³-hybridized carbons (Fsp3) is 0.500. The molecule has 0 aliphatic carbocycles. The van der Waals surface area contributed by atoms with Crippen molar-refractivity contribution in [2.75, 3.05) is 20.7 Å². The summed E-state index contributed by atoms with van der Waals surface area (Å²) in [5, 5.41) is 0. The van der Waals surface area contributed by atoms with Gasteiger partial charge in [0.15, 0.2) is 0 Å². The Morgan fingerprint density at radius 3 is 2.83 bits per heavy atom. The van der Waals surface area contributed by atoms with Gasteiger partial charge in [-0.2, -0.15) is 0 Å². The van der Waals surface area contributed by atoms with Gasteiger partial charge in [-0.1, -0.05) is 12.1 Å². The van der Waals surface area contributed by atoms with Gasteiger partial charge in [0, 0.05) is 26.1 Å². The summed E-state index contributed by atoms with van der Waals surface area (Å²) in [5.74, 6) is 0.935. The molecule has 4 nitrogen and oxygen atoms in total. The zero-order valence-electron chi connectivity index (χ0n) is 11.3. The summed E-state index contributed by atoms with van der Waals surface area (Å²) in [4.78, 5) is 13.4. The lowest BCUT2D eigenvalue weighted by Crippen LogP contribution is -2.33. The van der Waals surface area contributed by atoms with Crippen LogP contribution >= 0.6 is 0 Å². The fourth-order valence-corrected chi connectivity index (χ4v) is 1.68. The van der Waals surface area contributed by atoms with Crippen molar-refractivity contribution in [3.05, 3.63) is 29.8 Å². The third-order valence-electron chi connectivity index (χ3n) is 2.79. The number of ether oxygens (including phenoxy) is 1. The van der Waals surface area contributed by atoms with Crippen molar-refractivity contribution in [1.82, 2.24) is 4.90 Å². The average Bonchev–Trinajstić information content (AvgIpc) is 2.35. The van der Waals surface area contributed by atoms with Crippen molar-refractivity contribution < 1.29 is 9.53 Å². The second kappa shape index (κ2) is 7.01. The van der Waals surface area contributed by atoms with Gasteiger partial charge in [-0.05, 0) is 31.0 Å². The Morgan fingerprint density at radius 2 is 2.22 bits per heavy atom. The molecule has 1 atom stereocenters. The number of nitrogens with two attached hydrogens (primary N) is 1. The number of amides is 1. The summed E-state index contributed by atoms with van der Waals surface area (Å²) in [6.45, 7) is 2.53. The zero-order chi connectivity index (χ0) is 13.5. The number of hydrogen-bond donors (Lipinski definition) is 1. The van der Waals surface area contributed by atoms with E-state index in [1.165, 1.54) is 0 Å². The molecule has 0 aliphatic heterocycles. The predicted molar refractivity (Wildman–Crippen MR) is 72.6 cm³/mol. The van der Waals surface area contributed by atoms with E-state index < -0.39 is 0 Å². The van der Waals surface area contributed by atoms with Gasteiger partial charge in [-0.3, -0.25) is 4.79 Å². The second-order valence-electron chi connectivity index (χ2n) is 4.60. The molecule has 100 valence electrons. The number of carbonyl (C=O) groups excluding carboxylic acids is 1. The van der Waals surface area contributed by atoms with Crippen molar-refractivity contribution in [3.8, 4) is 5.75 Å². The van der Waals surface area contributed by atoms with Crippen molar-refractivity contribution >= 4 is 5.91 Å². The van der Waals surface area contributed by atoms with E-state index in [1.807, 2.05) is 38.2 Å². The molecule has 0 aromatic heterocycles. The maximum absolute atomic E-state index is 11.7. The lowest BCUT2D eigenvalue weighted by Gasteiger charge is -2.18. The molecule has 0 radical (unpaired) electrons. The number of carbonyl (C=O) groups is 1. The first kappa shape index (κ1) is 14.5. The molecular weight excluding hydrogens is 228 g/mol. The van der Waals surface area contributed by atoms with Crippen LogP contribution in [0.25, 0.3) is 0 Å². The Bertz CT molecular complexity index is 391. The zero-order valence-corrected chi connectivity index (χ0v) is 11.3. The Kier molecular flexibility index (Phi) is 5.65. The summed E-state index contributed by atoms with van der Waals surface area (Å²) in [7, 11) is 3.46. The normalized spacial score (nSPS) is 12.0. The van der Waals surface area contributed by atoms with E-state index >= 15 is 0 Å². The SMILES string of the molecule is COc1cccc(CCN(C)C(=O)CC(C)N)c1. The molecule has 0 bridgehead atoms. The van der Waals surface area contributed by atoms with Crippen LogP contribution in [0.1, 0.15) is 18.9 Å². The lowest BCUT2D eigenvalue weighted by molar-refractivity contribution is -0.130. The molecule has 18 heavy (non-hydrogen) atoms. The van der Waals surface area contributed by atoms with E-state index in [0.29, 0.717) is 13.0 Å². The minimum absolute atomic E-state index is 0.0863. The third kappa shape index (κ3) is 4.75. The smallest absolute Gasteiger partial charge is 0.223 e. The quantitative estimate of drug-likeness (QED) is 0.831. The molecule has 0 aliphatic rings. The van der Waals surface area contributed by atoms with Gasteiger partial charge in [0.2, 0.25) is 5.91 Å². The monoisotopic (exact) mass is 250 g/mol. The van der Waals surface area contributed by atoms with Gasteiger partial charge >= 0.3 is 0 Å². The minimum atomic E-state index is -0.0863. The highest BCUT2D eigenvalue weighted by atomic mass is 16.5. The molecular formula is C14H22N2O2. The third-order valence-corrected chi connectivity index (χ3v) is 2.79. The van der Waals surface area contributed by atoms with Gasteiger partial charge in [-0.15, -0.1) is 0 Å². The average molecular weight is 250 g/mol. The number of methoxy groups -OCH3 is 1. The van der Waals surface area contributed by atoms with E-state index in [-0.39, 0.29) is 11.9 Å². The highest BCUT2D eigenvalue weighted by Crippen LogP contribution is 2.13. The van der Waals surface area contributed by atoms with Gasteiger partial charge in [0.1, 0.15) is 5.75 Å². The molecule has 1 aromatic rings. The van der Waals surface area contributed by atoms with Crippen molar-refractivity contribution in [2.24, 2.45) is 5.73 Å². The maximum Gasteiger partial charge on any atom is 0.223 e. The van der Waals surface area contributed by atoms with Crippen molar-refractivity contribution in [3.63, 3.8) is 0 Å². The molecule has 0 saturated carbocycles. The first-order valence-corrected chi connectivity index (χ1v) is 6.15. The molecule has 1 unspecified atom stereocenters. The number of likely N-dealkylation sites (N-methyl/N-ethyl adjacent to an activating group) is 1. The summed E-state index contributed by atoms with van der Waals surface area (Å²) in [5.41, 5.74) is 6.77. The fourth-order valence-electron chi connectivity index (χ4n) is 1.68. The Morgan fingerprint density at radius 1 is 1.50 bits per heavy atom. The van der Waals surface area contributed by atoms with E-state index in [0.717, 1.165) is 17.7 Å². The van der Waals surface area contributed by atoms with Gasteiger partial charge in [0.05, 0.1) is 7.11 Å². The molecule has 1 aromatic carbocycles. The summed E-state index contributed by atoms with van der Waals surface area (Å²) in [6.07, 6.45) is 1.22. The highest BCUT2D eigenvalue weighted by Gasteiger charge is 2.10. The molecule has 4 heteroatoms. The molecule has 1 rings (SSSR count). The largest absolute Gasteiger partial charge is 0.497 e. The van der Waals surface area contributed by atoms with Crippen LogP contribution in [-0.2, 0) is 11.2 Å². The minimum Gasteiger partial charge on any atom is -0.497 e. The van der Waals surface area contributed by atoms with E-state index in [9.17, 15) is 4.79 Å². The van der Waals surface area contributed by atoms with Crippen LogP contribution < -0.4 is 10.5 Å². The molecule has 0 heterocycles. The van der Waals surface area contributed by atoms with Crippen LogP contribution in [0.2, 0.25) is 0 Å². The van der Waals surface area contributed by atoms with E-state index in [1.54, 1.807) is 12.0 Å². The first-order valence-electron chi connectivity index (χ1n) is 6.15. The molecule has 2 N–H and O–H groups in total. The molecule has 0 fully saturated rings. The van der Waals surface area contributed by atoms with Crippen LogP contribution in [0.4, 0.5) is 0 Å². The number of benzene rings is 1. The topological polar surface area (TPSA) is 55.6 Å². The Labute approximate surface area is 109 Å². The number of hydrogen-bond acceptors (Lipinski definition) is 3. The Balaban J connectivity index is 2.46.